The number of anilines is 1. The first-order valence-corrected chi connectivity index (χ1v) is 8.39. The number of rotatable bonds is 5. The topological polar surface area (TPSA) is 91.3 Å². The summed E-state index contributed by atoms with van der Waals surface area (Å²) in [6.45, 7) is 6.09. The van der Waals surface area contributed by atoms with E-state index in [1.54, 1.807) is 13.2 Å². The van der Waals surface area contributed by atoms with Crippen molar-refractivity contribution >= 4 is 5.82 Å². The number of methoxy groups -OCH3 is 1. The Bertz CT molecular complexity index is 741. The molecule has 0 N–H and O–H groups in total. The molecule has 0 spiro atoms. The SMILES string of the molecule is COC(C)c1noc(CN2CCCN(c3cccc(C#N)n3)CC2)n1. The van der Waals surface area contributed by atoms with Gasteiger partial charge >= 0.3 is 0 Å². The highest BCUT2D eigenvalue weighted by Gasteiger charge is 2.19. The van der Waals surface area contributed by atoms with Crippen LogP contribution >= 0.6 is 0 Å². The maximum Gasteiger partial charge on any atom is 0.240 e. The first-order valence-electron chi connectivity index (χ1n) is 8.39. The highest BCUT2D eigenvalue weighted by molar-refractivity contribution is 5.41. The summed E-state index contributed by atoms with van der Waals surface area (Å²) in [6.07, 6.45) is 0.837. The number of hydrogen-bond donors (Lipinski definition) is 0. The second-order valence-corrected chi connectivity index (χ2v) is 6.03. The predicted octanol–water partition coefficient (Wildman–Crippen LogP) is 1.76. The van der Waals surface area contributed by atoms with Crippen molar-refractivity contribution in [1.82, 2.24) is 20.0 Å². The Morgan fingerprint density at radius 3 is 2.96 bits per heavy atom. The van der Waals surface area contributed by atoms with Gasteiger partial charge in [-0.1, -0.05) is 11.2 Å². The van der Waals surface area contributed by atoms with Gasteiger partial charge in [0, 0.05) is 33.3 Å². The molecule has 1 aliphatic heterocycles. The number of nitriles is 1. The number of ether oxygens (including phenoxy) is 1. The molecule has 8 heteroatoms. The van der Waals surface area contributed by atoms with Crippen molar-refractivity contribution in [2.45, 2.75) is 26.0 Å². The molecule has 0 aliphatic carbocycles. The van der Waals surface area contributed by atoms with E-state index in [4.69, 9.17) is 14.5 Å². The minimum atomic E-state index is -0.171. The molecule has 25 heavy (non-hydrogen) atoms. The smallest absolute Gasteiger partial charge is 0.240 e. The van der Waals surface area contributed by atoms with Gasteiger partial charge in [-0.3, -0.25) is 4.90 Å². The van der Waals surface area contributed by atoms with Gasteiger partial charge in [0.15, 0.2) is 5.82 Å². The Morgan fingerprint density at radius 1 is 1.28 bits per heavy atom. The van der Waals surface area contributed by atoms with Crippen LogP contribution < -0.4 is 4.90 Å². The molecule has 1 aliphatic rings. The summed E-state index contributed by atoms with van der Waals surface area (Å²) >= 11 is 0. The van der Waals surface area contributed by atoms with Crippen LogP contribution in [0.5, 0.6) is 0 Å². The molecule has 1 unspecified atom stereocenters. The Morgan fingerprint density at radius 2 is 2.16 bits per heavy atom. The van der Waals surface area contributed by atoms with E-state index in [1.165, 1.54) is 0 Å². The number of aromatic nitrogens is 3. The summed E-state index contributed by atoms with van der Waals surface area (Å²) in [4.78, 5) is 13.3. The van der Waals surface area contributed by atoms with Gasteiger partial charge in [-0.05, 0) is 25.5 Å². The van der Waals surface area contributed by atoms with Gasteiger partial charge < -0.3 is 14.2 Å². The molecule has 8 nitrogen and oxygen atoms in total. The van der Waals surface area contributed by atoms with E-state index >= 15 is 0 Å². The Labute approximate surface area is 147 Å². The average molecular weight is 342 g/mol. The van der Waals surface area contributed by atoms with E-state index in [0.29, 0.717) is 24.0 Å². The molecule has 1 saturated heterocycles. The predicted molar refractivity (Wildman–Crippen MR) is 90.8 cm³/mol. The molecule has 0 amide bonds. The van der Waals surface area contributed by atoms with Crippen LogP contribution in [0.2, 0.25) is 0 Å². The van der Waals surface area contributed by atoms with E-state index in [2.05, 4.69) is 31.0 Å². The second kappa shape index (κ2) is 8.05. The monoisotopic (exact) mass is 342 g/mol. The Kier molecular flexibility index (Phi) is 5.58. The fourth-order valence-corrected chi connectivity index (χ4v) is 2.81. The van der Waals surface area contributed by atoms with Gasteiger partial charge in [-0.15, -0.1) is 0 Å². The maximum atomic E-state index is 9.01. The molecule has 1 fully saturated rings. The van der Waals surface area contributed by atoms with Gasteiger partial charge in [0.25, 0.3) is 0 Å². The summed E-state index contributed by atoms with van der Waals surface area (Å²) in [5.41, 5.74) is 0.448. The minimum Gasteiger partial charge on any atom is -0.374 e. The van der Waals surface area contributed by atoms with Crippen LogP contribution in [0.4, 0.5) is 5.82 Å². The lowest BCUT2D eigenvalue weighted by Gasteiger charge is -2.22. The van der Waals surface area contributed by atoms with Crippen LogP contribution in [0, 0.1) is 11.3 Å². The molecule has 2 aromatic rings. The third-order valence-corrected chi connectivity index (χ3v) is 4.32. The van der Waals surface area contributed by atoms with Gasteiger partial charge in [0.05, 0.1) is 6.54 Å². The van der Waals surface area contributed by atoms with Crippen molar-refractivity contribution in [1.29, 1.82) is 5.26 Å². The first-order chi connectivity index (χ1) is 12.2. The van der Waals surface area contributed by atoms with Crippen LogP contribution in [-0.4, -0.2) is 53.3 Å². The van der Waals surface area contributed by atoms with Crippen molar-refractivity contribution in [2.24, 2.45) is 0 Å². The third kappa shape index (κ3) is 4.32. The highest BCUT2D eigenvalue weighted by Crippen LogP contribution is 2.16. The zero-order chi connectivity index (χ0) is 17.6. The molecule has 1 atom stereocenters. The molecule has 3 heterocycles. The fraction of sp³-hybridized carbons (Fsp3) is 0.529. The van der Waals surface area contributed by atoms with Crippen molar-refractivity contribution in [3.63, 3.8) is 0 Å². The van der Waals surface area contributed by atoms with Gasteiger partial charge in [0.1, 0.15) is 23.7 Å². The molecule has 0 aromatic carbocycles. The molecule has 3 rings (SSSR count). The van der Waals surface area contributed by atoms with Crippen molar-refractivity contribution < 1.29 is 9.26 Å². The van der Waals surface area contributed by atoms with E-state index in [-0.39, 0.29) is 6.10 Å². The summed E-state index contributed by atoms with van der Waals surface area (Å²) in [5.74, 6) is 2.04. The van der Waals surface area contributed by atoms with E-state index in [1.807, 2.05) is 19.1 Å². The molecule has 2 aromatic heterocycles. The summed E-state index contributed by atoms with van der Waals surface area (Å²) < 4.78 is 10.5. The average Bonchev–Trinajstić information content (AvgIpc) is 2.99. The Hall–Kier alpha value is -2.50. The lowest BCUT2D eigenvalue weighted by Crippen LogP contribution is -2.31. The largest absolute Gasteiger partial charge is 0.374 e. The molecule has 0 bridgehead atoms. The zero-order valence-electron chi connectivity index (χ0n) is 14.6. The van der Waals surface area contributed by atoms with E-state index in [9.17, 15) is 0 Å². The minimum absolute atomic E-state index is 0.171. The zero-order valence-corrected chi connectivity index (χ0v) is 14.6. The third-order valence-electron chi connectivity index (χ3n) is 4.32. The van der Waals surface area contributed by atoms with Crippen molar-refractivity contribution in [3.05, 3.63) is 35.6 Å². The van der Waals surface area contributed by atoms with Crippen molar-refractivity contribution in [3.8, 4) is 6.07 Å². The van der Waals surface area contributed by atoms with Crippen LogP contribution in [-0.2, 0) is 11.3 Å². The molecule has 0 saturated carbocycles. The lowest BCUT2D eigenvalue weighted by atomic mass is 10.3. The summed E-state index contributed by atoms with van der Waals surface area (Å²) in [6, 6.07) is 7.64. The number of pyridine rings is 1. The van der Waals surface area contributed by atoms with Gasteiger partial charge in [-0.2, -0.15) is 10.2 Å². The quantitative estimate of drug-likeness (QED) is 0.812. The number of hydrogen-bond acceptors (Lipinski definition) is 8. The van der Waals surface area contributed by atoms with Crippen LogP contribution in [0.3, 0.4) is 0 Å². The first kappa shape index (κ1) is 17.3. The standard InChI is InChI=1S/C17H22N6O2/c1-13(24-2)17-20-16(25-21-17)12-22-7-4-8-23(10-9-22)15-6-3-5-14(11-18)19-15/h3,5-6,13H,4,7-10,12H2,1-2H3. The summed E-state index contributed by atoms with van der Waals surface area (Å²) in [5, 5.41) is 13.0. The van der Waals surface area contributed by atoms with Gasteiger partial charge in [0.2, 0.25) is 5.89 Å². The lowest BCUT2D eigenvalue weighted by molar-refractivity contribution is 0.109. The molecule has 0 radical (unpaired) electrons. The van der Waals surface area contributed by atoms with E-state index < -0.39 is 0 Å². The number of nitrogens with zero attached hydrogens (tertiary/aromatic N) is 6. The molecule has 132 valence electrons. The highest BCUT2D eigenvalue weighted by atomic mass is 16.5. The molecular weight excluding hydrogens is 320 g/mol. The summed E-state index contributed by atoms with van der Waals surface area (Å²) in [7, 11) is 1.62. The van der Waals surface area contributed by atoms with Crippen LogP contribution in [0.1, 0.15) is 36.9 Å². The van der Waals surface area contributed by atoms with Crippen LogP contribution in [0.15, 0.2) is 22.7 Å². The van der Waals surface area contributed by atoms with Crippen LogP contribution in [0.25, 0.3) is 0 Å². The fourth-order valence-electron chi connectivity index (χ4n) is 2.81. The normalized spacial score (nSPS) is 17.1. The van der Waals surface area contributed by atoms with E-state index in [0.717, 1.165) is 38.4 Å². The second-order valence-electron chi connectivity index (χ2n) is 6.03. The molecular formula is C17H22N6O2. The van der Waals surface area contributed by atoms with Gasteiger partial charge in [-0.25, -0.2) is 4.98 Å². The Balaban J connectivity index is 1.60. The van der Waals surface area contributed by atoms with Crippen molar-refractivity contribution in [2.75, 3.05) is 38.2 Å². The maximum absolute atomic E-state index is 9.01.